The van der Waals surface area contributed by atoms with Gasteiger partial charge in [0.1, 0.15) is 0 Å². The van der Waals surface area contributed by atoms with Crippen LogP contribution >= 0.6 is 0 Å². The molecular weight excluding hydrogens is 211 g/mol. The van der Waals surface area contributed by atoms with E-state index in [4.69, 9.17) is 5.73 Å². The molecule has 0 saturated carbocycles. The van der Waals surface area contributed by atoms with Gasteiger partial charge in [0.2, 0.25) is 5.91 Å². The Bertz CT molecular complexity index is 303. The Morgan fingerprint density at radius 1 is 1.25 bits per heavy atom. The average molecular weight is 216 g/mol. The third-order valence-corrected chi connectivity index (χ3v) is 1.20. The van der Waals surface area contributed by atoms with Gasteiger partial charge < -0.3 is 5.73 Å². The summed E-state index contributed by atoms with van der Waals surface area (Å²) >= 11 is 0. The molecule has 0 heterocycles. The first-order chi connectivity index (χ1) is 5.11. The minimum atomic E-state index is -1.07. The standard InChI is InChI=1S/C7H5F2NO.Ni/c8-5-2-1-4(7(10)11)3-6(5)9;/h1-3H,(H2,10,11);. The number of rotatable bonds is 1. The van der Waals surface area contributed by atoms with Gasteiger partial charge in [0, 0.05) is 22.1 Å². The number of carbonyl (C=O) groups is 1. The van der Waals surface area contributed by atoms with E-state index in [0.29, 0.717) is 0 Å². The number of nitrogens with two attached hydrogens (primary N) is 1. The predicted molar refractivity (Wildman–Crippen MR) is 34.9 cm³/mol. The normalized spacial score (nSPS) is 8.83. The Labute approximate surface area is 77.7 Å². The van der Waals surface area contributed by atoms with Gasteiger partial charge in [0.05, 0.1) is 0 Å². The largest absolute Gasteiger partial charge is 0.366 e. The summed E-state index contributed by atoms with van der Waals surface area (Å²) in [6, 6.07) is 2.74. The van der Waals surface area contributed by atoms with Crippen molar-refractivity contribution in [3.63, 3.8) is 0 Å². The van der Waals surface area contributed by atoms with Crippen molar-refractivity contribution in [2.45, 2.75) is 0 Å². The average Bonchev–Trinajstić information content (AvgIpc) is 1.94. The maximum absolute atomic E-state index is 12.4. The summed E-state index contributed by atoms with van der Waals surface area (Å²) < 4.78 is 24.6. The second-order valence-corrected chi connectivity index (χ2v) is 1.99. The third-order valence-electron chi connectivity index (χ3n) is 1.20. The molecule has 0 bridgehead atoms. The summed E-state index contributed by atoms with van der Waals surface area (Å²) in [5.74, 6) is -2.83. The Morgan fingerprint density at radius 3 is 2.25 bits per heavy atom. The first-order valence-corrected chi connectivity index (χ1v) is 2.86. The van der Waals surface area contributed by atoms with E-state index in [2.05, 4.69) is 0 Å². The molecule has 2 nitrogen and oxygen atoms in total. The molecule has 0 aromatic heterocycles. The minimum absolute atomic E-state index is 0. The maximum Gasteiger partial charge on any atom is 0.248 e. The molecular formula is C7H5F2NNiO. The quantitative estimate of drug-likeness (QED) is 0.700. The van der Waals surface area contributed by atoms with Gasteiger partial charge in [-0.2, -0.15) is 0 Å². The summed E-state index contributed by atoms with van der Waals surface area (Å²) in [6.07, 6.45) is 0. The monoisotopic (exact) mass is 215 g/mol. The zero-order valence-corrected chi connectivity index (χ0v) is 6.78. The van der Waals surface area contributed by atoms with Gasteiger partial charge in [-0.25, -0.2) is 8.78 Å². The van der Waals surface area contributed by atoms with Crippen LogP contribution in [-0.4, -0.2) is 5.91 Å². The van der Waals surface area contributed by atoms with Crippen molar-refractivity contribution in [2.75, 3.05) is 0 Å². The zero-order chi connectivity index (χ0) is 8.43. The van der Waals surface area contributed by atoms with E-state index >= 15 is 0 Å². The second kappa shape index (κ2) is 4.16. The van der Waals surface area contributed by atoms with Crippen LogP contribution in [0.25, 0.3) is 0 Å². The van der Waals surface area contributed by atoms with Gasteiger partial charge >= 0.3 is 0 Å². The summed E-state index contributed by atoms with van der Waals surface area (Å²) in [5, 5.41) is 0. The number of benzene rings is 1. The topological polar surface area (TPSA) is 43.1 Å². The molecule has 0 fully saturated rings. The summed E-state index contributed by atoms with van der Waals surface area (Å²) in [4.78, 5) is 10.4. The Morgan fingerprint density at radius 2 is 1.83 bits per heavy atom. The van der Waals surface area contributed by atoms with Crippen molar-refractivity contribution in [1.29, 1.82) is 0 Å². The van der Waals surface area contributed by atoms with Crippen LogP contribution in [0.2, 0.25) is 0 Å². The van der Waals surface area contributed by atoms with Gasteiger partial charge in [-0.3, -0.25) is 4.79 Å². The fourth-order valence-electron chi connectivity index (χ4n) is 0.649. The predicted octanol–water partition coefficient (Wildman–Crippen LogP) is 1.06. The second-order valence-electron chi connectivity index (χ2n) is 1.99. The fourth-order valence-corrected chi connectivity index (χ4v) is 0.649. The molecule has 0 saturated heterocycles. The van der Waals surface area contributed by atoms with Crippen molar-refractivity contribution >= 4 is 5.91 Å². The number of halogens is 2. The molecule has 0 aliphatic heterocycles. The molecule has 5 heteroatoms. The third kappa shape index (κ3) is 2.27. The first kappa shape index (κ1) is 11.0. The number of hydrogen-bond acceptors (Lipinski definition) is 1. The van der Waals surface area contributed by atoms with Crippen LogP contribution in [0.4, 0.5) is 8.78 Å². The van der Waals surface area contributed by atoms with Crippen LogP contribution in [0.15, 0.2) is 18.2 Å². The van der Waals surface area contributed by atoms with E-state index in [1.54, 1.807) is 0 Å². The molecule has 68 valence electrons. The number of carbonyl (C=O) groups excluding carboxylic acids is 1. The number of primary amides is 1. The van der Waals surface area contributed by atoms with E-state index in [1.165, 1.54) is 0 Å². The molecule has 1 rings (SSSR count). The van der Waals surface area contributed by atoms with Crippen LogP contribution < -0.4 is 5.73 Å². The molecule has 2 N–H and O–H groups in total. The summed E-state index contributed by atoms with van der Waals surface area (Å²) in [6.45, 7) is 0. The summed E-state index contributed by atoms with van der Waals surface area (Å²) in [5.41, 5.74) is 4.77. The molecule has 0 spiro atoms. The summed E-state index contributed by atoms with van der Waals surface area (Å²) in [7, 11) is 0. The van der Waals surface area contributed by atoms with Crippen LogP contribution in [0.5, 0.6) is 0 Å². The zero-order valence-electron chi connectivity index (χ0n) is 5.79. The molecule has 0 aliphatic carbocycles. The molecule has 1 aromatic rings. The van der Waals surface area contributed by atoms with Gasteiger partial charge in [-0.1, -0.05) is 0 Å². The molecule has 0 radical (unpaired) electrons. The van der Waals surface area contributed by atoms with E-state index in [-0.39, 0.29) is 22.1 Å². The van der Waals surface area contributed by atoms with Crippen LogP contribution in [0.1, 0.15) is 10.4 Å². The van der Waals surface area contributed by atoms with E-state index in [1.807, 2.05) is 0 Å². The van der Waals surface area contributed by atoms with E-state index in [0.717, 1.165) is 18.2 Å². The SMILES string of the molecule is NC(=O)c1ccc(F)c(F)c1.[Ni]. The molecule has 0 unspecified atom stereocenters. The van der Waals surface area contributed by atoms with E-state index < -0.39 is 17.5 Å². The first-order valence-electron chi connectivity index (χ1n) is 2.86. The minimum Gasteiger partial charge on any atom is -0.366 e. The molecule has 12 heavy (non-hydrogen) atoms. The smallest absolute Gasteiger partial charge is 0.248 e. The maximum atomic E-state index is 12.4. The van der Waals surface area contributed by atoms with Crippen LogP contribution in [0, 0.1) is 11.6 Å². The molecule has 0 aliphatic rings. The Kier molecular flexibility index (Phi) is 3.83. The van der Waals surface area contributed by atoms with Crippen molar-refractivity contribution in [3.8, 4) is 0 Å². The van der Waals surface area contributed by atoms with Gasteiger partial charge in [0.25, 0.3) is 0 Å². The van der Waals surface area contributed by atoms with Crippen molar-refractivity contribution in [3.05, 3.63) is 35.4 Å². The van der Waals surface area contributed by atoms with Gasteiger partial charge in [-0.05, 0) is 18.2 Å². The van der Waals surface area contributed by atoms with Crippen molar-refractivity contribution in [2.24, 2.45) is 5.73 Å². The van der Waals surface area contributed by atoms with Crippen molar-refractivity contribution < 1.29 is 30.1 Å². The van der Waals surface area contributed by atoms with Crippen LogP contribution in [0.3, 0.4) is 0 Å². The van der Waals surface area contributed by atoms with Gasteiger partial charge in [0.15, 0.2) is 11.6 Å². The van der Waals surface area contributed by atoms with Crippen LogP contribution in [-0.2, 0) is 16.5 Å². The molecule has 1 aromatic carbocycles. The number of hydrogen-bond donors (Lipinski definition) is 1. The fraction of sp³-hybridized carbons (Fsp3) is 0. The molecule has 0 atom stereocenters. The van der Waals surface area contributed by atoms with E-state index in [9.17, 15) is 13.6 Å². The number of amides is 1. The Hall–Kier alpha value is -0.956. The molecule has 1 amide bonds. The Balaban J connectivity index is 0.00000121. The van der Waals surface area contributed by atoms with Gasteiger partial charge in [-0.15, -0.1) is 0 Å². The van der Waals surface area contributed by atoms with Crippen molar-refractivity contribution in [1.82, 2.24) is 0 Å².